The first kappa shape index (κ1) is 13.9. The molecule has 0 saturated heterocycles. The first-order valence-corrected chi connectivity index (χ1v) is 7.10. The van der Waals surface area contributed by atoms with Crippen LogP contribution in [0.4, 0.5) is 5.69 Å². The minimum atomic E-state index is 0.538. The van der Waals surface area contributed by atoms with Gasteiger partial charge in [-0.3, -0.25) is 0 Å². The van der Waals surface area contributed by atoms with Gasteiger partial charge >= 0.3 is 0 Å². The van der Waals surface area contributed by atoms with Crippen molar-refractivity contribution in [2.75, 3.05) is 25.6 Å². The number of methoxy groups -OCH3 is 1. The summed E-state index contributed by atoms with van der Waals surface area (Å²) in [4.78, 5) is 0. The van der Waals surface area contributed by atoms with Crippen molar-refractivity contribution in [1.82, 2.24) is 0 Å². The van der Waals surface area contributed by atoms with Crippen LogP contribution in [0, 0.1) is 0 Å². The van der Waals surface area contributed by atoms with Crippen molar-refractivity contribution >= 4 is 17.3 Å². The molecule has 21 heavy (non-hydrogen) atoms. The van der Waals surface area contributed by atoms with E-state index < -0.39 is 0 Å². The second-order valence-corrected chi connectivity index (χ2v) is 5.09. The van der Waals surface area contributed by atoms with Crippen LogP contribution >= 0.6 is 11.6 Å². The molecule has 5 heteroatoms. The van der Waals surface area contributed by atoms with Gasteiger partial charge in [0.1, 0.15) is 19.0 Å². The zero-order valence-electron chi connectivity index (χ0n) is 11.7. The van der Waals surface area contributed by atoms with Crippen molar-refractivity contribution in [2.24, 2.45) is 0 Å². The standard InChI is InChI=1S/C16H16ClNO3/c1-19-13-4-2-12(3-5-13)18-10-11-8-14(17)16-15(9-11)20-6-7-21-16/h2-5,8-9,18H,6-7,10H2,1H3. The van der Waals surface area contributed by atoms with Gasteiger partial charge in [0.2, 0.25) is 0 Å². The topological polar surface area (TPSA) is 39.7 Å². The molecule has 2 aromatic carbocycles. The van der Waals surface area contributed by atoms with Gasteiger partial charge in [-0.2, -0.15) is 0 Å². The first-order chi connectivity index (χ1) is 10.3. The molecule has 0 aromatic heterocycles. The van der Waals surface area contributed by atoms with E-state index in [1.807, 2.05) is 36.4 Å². The Morgan fingerprint density at radius 2 is 1.90 bits per heavy atom. The fourth-order valence-corrected chi connectivity index (χ4v) is 2.47. The summed E-state index contributed by atoms with van der Waals surface area (Å²) in [6, 6.07) is 11.6. The van der Waals surface area contributed by atoms with Crippen molar-refractivity contribution in [3.63, 3.8) is 0 Å². The summed E-state index contributed by atoms with van der Waals surface area (Å²) in [6.45, 7) is 1.75. The van der Waals surface area contributed by atoms with Crippen LogP contribution in [0.1, 0.15) is 5.56 Å². The molecule has 0 radical (unpaired) electrons. The molecule has 0 amide bonds. The molecule has 110 valence electrons. The molecular weight excluding hydrogens is 290 g/mol. The SMILES string of the molecule is COc1ccc(NCc2cc(Cl)c3c(c2)OCCO3)cc1. The summed E-state index contributed by atoms with van der Waals surface area (Å²) in [5.74, 6) is 2.18. The van der Waals surface area contributed by atoms with Crippen LogP contribution in [-0.2, 0) is 6.54 Å². The average molecular weight is 306 g/mol. The van der Waals surface area contributed by atoms with Gasteiger partial charge in [-0.05, 0) is 42.0 Å². The van der Waals surface area contributed by atoms with E-state index >= 15 is 0 Å². The Bertz CT molecular complexity index is 628. The van der Waals surface area contributed by atoms with Crippen LogP contribution in [0.25, 0.3) is 0 Å². The van der Waals surface area contributed by atoms with Gasteiger partial charge < -0.3 is 19.5 Å². The lowest BCUT2D eigenvalue weighted by Crippen LogP contribution is -2.16. The Kier molecular flexibility index (Phi) is 4.06. The Balaban J connectivity index is 1.71. The van der Waals surface area contributed by atoms with E-state index in [0.29, 0.717) is 36.3 Å². The predicted octanol–water partition coefficient (Wildman–Crippen LogP) is 3.73. The minimum absolute atomic E-state index is 0.538. The van der Waals surface area contributed by atoms with Gasteiger partial charge in [0.15, 0.2) is 11.5 Å². The van der Waals surface area contributed by atoms with Crippen molar-refractivity contribution < 1.29 is 14.2 Å². The monoisotopic (exact) mass is 305 g/mol. The van der Waals surface area contributed by atoms with Gasteiger partial charge in [-0.1, -0.05) is 11.6 Å². The molecule has 1 aliphatic rings. The number of hydrogen-bond donors (Lipinski definition) is 1. The van der Waals surface area contributed by atoms with Crippen LogP contribution in [0.5, 0.6) is 17.2 Å². The fourth-order valence-electron chi connectivity index (χ4n) is 2.18. The number of rotatable bonds is 4. The maximum Gasteiger partial charge on any atom is 0.179 e. The molecular formula is C16H16ClNO3. The molecule has 0 spiro atoms. The quantitative estimate of drug-likeness (QED) is 0.934. The zero-order chi connectivity index (χ0) is 14.7. The molecule has 1 N–H and O–H groups in total. The molecule has 1 heterocycles. The molecule has 2 aromatic rings. The maximum atomic E-state index is 6.22. The van der Waals surface area contributed by atoms with Crippen LogP contribution in [-0.4, -0.2) is 20.3 Å². The second kappa shape index (κ2) is 6.14. The van der Waals surface area contributed by atoms with Gasteiger partial charge in [-0.25, -0.2) is 0 Å². The van der Waals surface area contributed by atoms with E-state index in [1.165, 1.54) is 0 Å². The van der Waals surface area contributed by atoms with E-state index in [-0.39, 0.29) is 0 Å². The molecule has 0 fully saturated rings. The molecule has 0 saturated carbocycles. The smallest absolute Gasteiger partial charge is 0.179 e. The van der Waals surface area contributed by atoms with E-state index in [4.69, 9.17) is 25.8 Å². The fraction of sp³-hybridized carbons (Fsp3) is 0.250. The highest BCUT2D eigenvalue weighted by Crippen LogP contribution is 2.38. The highest BCUT2D eigenvalue weighted by molar-refractivity contribution is 6.32. The minimum Gasteiger partial charge on any atom is -0.497 e. The number of anilines is 1. The third kappa shape index (κ3) is 3.16. The van der Waals surface area contributed by atoms with Crippen LogP contribution in [0.2, 0.25) is 5.02 Å². The highest BCUT2D eigenvalue weighted by atomic mass is 35.5. The Morgan fingerprint density at radius 1 is 1.14 bits per heavy atom. The lowest BCUT2D eigenvalue weighted by molar-refractivity contribution is 0.171. The summed E-state index contributed by atoms with van der Waals surface area (Å²) in [7, 11) is 1.65. The molecule has 3 rings (SSSR count). The van der Waals surface area contributed by atoms with Crippen molar-refractivity contribution in [1.29, 1.82) is 0 Å². The van der Waals surface area contributed by atoms with Gasteiger partial charge in [-0.15, -0.1) is 0 Å². The van der Waals surface area contributed by atoms with E-state index in [0.717, 1.165) is 17.0 Å². The molecule has 4 nitrogen and oxygen atoms in total. The second-order valence-electron chi connectivity index (χ2n) is 4.68. The third-order valence-corrected chi connectivity index (χ3v) is 3.52. The van der Waals surface area contributed by atoms with E-state index in [9.17, 15) is 0 Å². The molecule has 0 bridgehead atoms. The third-order valence-electron chi connectivity index (χ3n) is 3.24. The molecule has 0 atom stereocenters. The number of nitrogens with one attached hydrogen (secondary N) is 1. The normalized spacial score (nSPS) is 12.9. The predicted molar refractivity (Wildman–Crippen MR) is 82.8 cm³/mol. The summed E-state index contributed by atoms with van der Waals surface area (Å²) in [5.41, 5.74) is 2.06. The lowest BCUT2D eigenvalue weighted by Gasteiger charge is -2.20. The average Bonchev–Trinajstić information content (AvgIpc) is 2.53. The first-order valence-electron chi connectivity index (χ1n) is 6.72. The number of ether oxygens (including phenoxy) is 3. The number of benzene rings is 2. The van der Waals surface area contributed by atoms with Gasteiger partial charge in [0.05, 0.1) is 12.1 Å². The Morgan fingerprint density at radius 3 is 2.67 bits per heavy atom. The zero-order valence-corrected chi connectivity index (χ0v) is 12.4. The maximum absolute atomic E-state index is 6.22. The Hall–Kier alpha value is -2.07. The summed E-state index contributed by atoms with van der Waals surface area (Å²) in [5, 5.41) is 3.92. The van der Waals surface area contributed by atoms with Gasteiger partial charge in [0, 0.05) is 12.2 Å². The summed E-state index contributed by atoms with van der Waals surface area (Å²) >= 11 is 6.22. The number of hydrogen-bond acceptors (Lipinski definition) is 4. The van der Waals surface area contributed by atoms with E-state index in [2.05, 4.69) is 5.32 Å². The number of halogens is 1. The largest absolute Gasteiger partial charge is 0.497 e. The van der Waals surface area contributed by atoms with Crippen molar-refractivity contribution in [2.45, 2.75) is 6.54 Å². The van der Waals surface area contributed by atoms with Gasteiger partial charge in [0.25, 0.3) is 0 Å². The van der Waals surface area contributed by atoms with E-state index in [1.54, 1.807) is 7.11 Å². The summed E-state index contributed by atoms with van der Waals surface area (Å²) < 4.78 is 16.2. The van der Waals surface area contributed by atoms with Crippen LogP contribution in [0.3, 0.4) is 0 Å². The Labute approximate surface area is 128 Å². The summed E-state index contributed by atoms with van der Waals surface area (Å²) in [6.07, 6.45) is 0. The van der Waals surface area contributed by atoms with Crippen LogP contribution in [0.15, 0.2) is 36.4 Å². The van der Waals surface area contributed by atoms with Crippen molar-refractivity contribution in [3.05, 3.63) is 47.0 Å². The van der Waals surface area contributed by atoms with Crippen molar-refractivity contribution in [3.8, 4) is 17.2 Å². The lowest BCUT2D eigenvalue weighted by atomic mass is 10.2. The van der Waals surface area contributed by atoms with Crippen LogP contribution < -0.4 is 19.5 Å². The highest BCUT2D eigenvalue weighted by Gasteiger charge is 2.16. The number of fused-ring (bicyclic) bond motifs is 1. The molecule has 1 aliphatic heterocycles. The molecule has 0 aliphatic carbocycles. The molecule has 0 unspecified atom stereocenters.